The largest absolute Gasteiger partial charge is 0.312 e. The summed E-state index contributed by atoms with van der Waals surface area (Å²) in [4.78, 5) is 3.03. The Labute approximate surface area is 111 Å². The van der Waals surface area contributed by atoms with Gasteiger partial charge in [-0.25, -0.2) is 0 Å². The van der Waals surface area contributed by atoms with Crippen LogP contribution in [0, 0.1) is 5.92 Å². The fourth-order valence-electron chi connectivity index (χ4n) is 2.58. The van der Waals surface area contributed by atoms with Crippen LogP contribution in [0.5, 0.6) is 0 Å². The summed E-state index contributed by atoms with van der Waals surface area (Å²) in [6.45, 7) is 6.82. The van der Waals surface area contributed by atoms with E-state index in [0.717, 1.165) is 12.3 Å². The first-order valence-corrected chi connectivity index (χ1v) is 7.84. The summed E-state index contributed by atoms with van der Waals surface area (Å²) in [6.07, 6.45) is 6.40. The van der Waals surface area contributed by atoms with E-state index in [2.05, 4.69) is 45.3 Å². The first-order chi connectivity index (χ1) is 8.26. The average molecular weight is 253 g/mol. The Morgan fingerprint density at radius 1 is 1.12 bits per heavy atom. The molecule has 0 fully saturated rings. The third kappa shape index (κ3) is 4.11. The molecule has 0 aliphatic carbocycles. The van der Waals surface area contributed by atoms with E-state index in [9.17, 15) is 0 Å². The summed E-state index contributed by atoms with van der Waals surface area (Å²) < 4.78 is 0. The molecular formula is C15H27NS. The van der Waals surface area contributed by atoms with Crippen LogP contribution in [0.1, 0.15) is 62.3 Å². The van der Waals surface area contributed by atoms with Gasteiger partial charge in [0.2, 0.25) is 0 Å². The standard InChI is InChI=1S/C15H27NS/c1-5-8-12(9-6-2)15(16-4)14-11-10-13(7-3)17-14/h10-12,15-16H,5-9H2,1-4H3. The molecule has 1 aromatic rings. The molecule has 1 aromatic heterocycles. The SMILES string of the molecule is CCCC(CCC)C(NC)c1ccc(CC)s1. The molecule has 0 spiro atoms. The number of hydrogen-bond donors (Lipinski definition) is 1. The molecule has 1 nitrogen and oxygen atoms in total. The van der Waals surface area contributed by atoms with Crippen molar-refractivity contribution in [3.63, 3.8) is 0 Å². The molecule has 98 valence electrons. The lowest BCUT2D eigenvalue weighted by atomic mass is 9.89. The molecular weight excluding hydrogens is 226 g/mol. The molecule has 0 amide bonds. The maximum Gasteiger partial charge on any atom is 0.0441 e. The maximum atomic E-state index is 3.54. The van der Waals surface area contributed by atoms with Gasteiger partial charge in [0.1, 0.15) is 0 Å². The molecule has 0 aromatic carbocycles. The Morgan fingerprint density at radius 2 is 1.76 bits per heavy atom. The molecule has 0 saturated heterocycles. The summed E-state index contributed by atoms with van der Waals surface area (Å²) in [5.74, 6) is 0.790. The number of aryl methyl sites for hydroxylation is 1. The fourth-order valence-corrected chi connectivity index (χ4v) is 3.74. The molecule has 0 aliphatic rings. The van der Waals surface area contributed by atoms with Gasteiger partial charge in [-0.15, -0.1) is 11.3 Å². The molecule has 1 atom stereocenters. The molecule has 17 heavy (non-hydrogen) atoms. The number of hydrogen-bond acceptors (Lipinski definition) is 2. The lowest BCUT2D eigenvalue weighted by Gasteiger charge is -2.25. The minimum absolute atomic E-state index is 0.556. The molecule has 0 saturated carbocycles. The Morgan fingerprint density at radius 3 is 2.18 bits per heavy atom. The second-order valence-electron chi connectivity index (χ2n) is 4.76. The van der Waals surface area contributed by atoms with E-state index < -0.39 is 0 Å². The summed E-state index contributed by atoms with van der Waals surface area (Å²) >= 11 is 1.98. The monoisotopic (exact) mass is 253 g/mol. The Bertz CT molecular complexity index is 300. The zero-order valence-corrected chi connectivity index (χ0v) is 12.6. The average Bonchev–Trinajstić information content (AvgIpc) is 2.79. The summed E-state index contributed by atoms with van der Waals surface area (Å²) in [6, 6.07) is 5.17. The lowest BCUT2D eigenvalue weighted by Crippen LogP contribution is -2.24. The second-order valence-corrected chi connectivity index (χ2v) is 5.96. The van der Waals surface area contributed by atoms with Crippen LogP contribution in [-0.4, -0.2) is 7.05 Å². The second kappa shape index (κ2) is 7.88. The molecule has 1 rings (SSSR count). The Hall–Kier alpha value is -0.340. The van der Waals surface area contributed by atoms with Crippen molar-refractivity contribution in [2.45, 2.75) is 58.9 Å². The first kappa shape index (κ1) is 14.7. The van der Waals surface area contributed by atoms with Gasteiger partial charge >= 0.3 is 0 Å². The van der Waals surface area contributed by atoms with Gasteiger partial charge in [0.25, 0.3) is 0 Å². The van der Waals surface area contributed by atoms with Gasteiger partial charge in [-0.1, -0.05) is 33.6 Å². The third-order valence-corrected chi connectivity index (χ3v) is 4.75. The first-order valence-electron chi connectivity index (χ1n) is 7.02. The highest BCUT2D eigenvalue weighted by Crippen LogP contribution is 2.33. The smallest absolute Gasteiger partial charge is 0.0441 e. The van der Waals surface area contributed by atoms with Crippen molar-refractivity contribution in [1.29, 1.82) is 0 Å². The van der Waals surface area contributed by atoms with E-state index in [1.165, 1.54) is 35.4 Å². The van der Waals surface area contributed by atoms with Crippen molar-refractivity contribution in [2.75, 3.05) is 7.05 Å². The minimum Gasteiger partial charge on any atom is -0.312 e. The van der Waals surface area contributed by atoms with E-state index in [4.69, 9.17) is 0 Å². The predicted octanol–water partition coefficient (Wildman–Crippen LogP) is 4.79. The zero-order chi connectivity index (χ0) is 12.7. The number of nitrogens with one attached hydrogen (secondary N) is 1. The molecule has 0 radical (unpaired) electrons. The van der Waals surface area contributed by atoms with Crippen LogP contribution in [0.3, 0.4) is 0 Å². The summed E-state index contributed by atoms with van der Waals surface area (Å²) in [5, 5.41) is 3.54. The molecule has 1 heterocycles. The van der Waals surface area contributed by atoms with Crippen LogP contribution in [0.25, 0.3) is 0 Å². The van der Waals surface area contributed by atoms with Gasteiger partial charge in [0.15, 0.2) is 0 Å². The van der Waals surface area contributed by atoms with Crippen molar-refractivity contribution in [2.24, 2.45) is 5.92 Å². The summed E-state index contributed by atoms with van der Waals surface area (Å²) in [5.41, 5.74) is 0. The number of rotatable bonds is 8. The topological polar surface area (TPSA) is 12.0 Å². The Balaban J connectivity index is 2.79. The van der Waals surface area contributed by atoms with E-state index in [1.54, 1.807) is 0 Å². The molecule has 1 unspecified atom stereocenters. The maximum absolute atomic E-state index is 3.54. The fraction of sp³-hybridized carbons (Fsp3) is 0.733. The van der Waals surface area contributed by atoms with Crippen molar-refractivity contribution in [1.82, 2.24) is 5.32 Å². The van der Waals surface area contributed by atoms with E-state index in [0.29, 0.717) is 6.04 Å². The van der Waals surface area contributed by atoms with Crippen molar-refractivity contribution >= 4 is 11.3 Å². The third-order valence-electron chi connectivity index (χ3n) is 3.44. The van der Waals surface area contributed by atoms with Gasteiger partial charge in [0, 0.05) is 15.8 Å². The van der Waals surface area contributed by atoms with Gasteiger partial charge < -0.3 is 5.32 Å². The molecule has 0 aliphatic heterocycles. The van der Waals surface area contributed by atoms with Crippen molar-refractivity contribution < 1.29 is 0 Å². The minimum atomic E-state index is 0.556. The van der Waals surface area contributed by atoms with Crippen LogP contribution >= 0.6 is 11.3 Å². The Kier molecular flexibility index (Phi) is 6.83. The normalized spacial score (nSPS) is 13.2. The molecule has 1 N–H and O–H groups in total. The predicted molar refractivity (Wildman–Crippen MR) is 78.8 cm³/mol. The van der Waals surface area contributed by atoms with Crippen LogP contribution in [0.4, 0.5) is 0 Å². The van der Waals surface area contributed by atoms with Gasteiger partial charge in [-0.3, -0.25) is 0 Å². The van der Waals surface area contributed by atoms with Crippen LogP contribution in [0.2, 0.25) is 0 Å². The molecule has 0 bridgehead atoms. The zero-order valence-electron chi connectivity index (χ0n) is 11.8. The lowest BCUT2D eigenvalue weighted by molar-refractivity contribution is 0.335. The highest BCUT2D eigenvalue weighted by Gasteiger charge is 2.21. The highest BCUT2D eigenvalue weighted by molar-refractivity contribution is 7.12. The van der Waals surface area contributed by atoms with Crippen molar-refractivity contribution in [3.05, 3.63) is 21.9 Å². The van der Waals surface area contributed by atoms with Gasteiger partial charge in [0.05, 0.1) is 0 Å². The van der Waals surface area contributed by atoms with Crippen LogP contribution in [0.15, 0.2) is 12.1 Å². The highest BCUT2D eigenvalue weighted by atomic mass is 32.1. The number of thiophene rings is 1. The van der Waals surface area contributed by atoms with E-state index >= 15 is 0 Å². The van der Waals surface area contributed by atoms with E-state index in [-0.39, 0.29) is 0 Å². The van der Waals surface area contributed by atoms with E-state index in [1.807, 2.05) is 11.3 Å². The van der Waals surface area contributed by atoms with Gasteiger partial charge in [-0.2, -0.15) is 0 Å². The summed E-state index contributed by atoms with van der Waals surface area (Å²) in [7, 11) is 2.11. The van der Waals surface area contributed by atoms with Crippen LogP contribution < -0.4 is 5.32 Å². The molecule has 2 heteroatoms. The van der Waals surface area contributed by atoms with Gasteiger partial charge in [-0.05, 0) is 44.4 Å². The van der Waals surface area contributed by atoms with Crippen molar-refractivity contribution in [3.8, 4) is 0 Å². The quantitative estimate of drug-likeness (QED) is 0.702. The van der Waals surface area contributed by atoms with Crippen LogP contribution in [-0.2, 0) is 6.42 Å².